The van der Waals surface area contributed by atoms with Gasteiger partial charge in [0.2, 0.25) is 0 Å². The van der Waals surface area contributed by atoms with Crippen molar-refractivity contribution in [2.24, 2.45) is 5.92 Å². The molecular weight excluding hydrogens is 220 g/mol. The number of anilines is 1. The molecule has 1 aromatic carbocycles. The number of hydrogen-bond acceptors (Lipinski definition) is 2. The van der Waals surface area contributed by atoms with Crippen LogP contribution >= 0.6 is 11.6 Å². The minimum absolute atomic E-state index is 0.758. The van der Waals surface area contributed by atoms with Gasteiger partial charge >= 0.3 is 0 Å². The van der Waals surface area contributed by atoms with E-state index in [4.69, 9.17) is 11.6 Å². The highest BCUT2D eigenvalue weighted by Gasteiger charge is 2.18. The third kappa shape index (κ3) is 2.89. The maximum atomic E-state index is 5.86. The highest BCUT2D eigenvalue weighted by Crippen LogP contribution is 2.23. The van der Waals surface area contributed by atoms with Crippen molar-refractivity contribution >= 4 is 17.3 Å². The van der Waals surface area contributed by atoms with Gasteiger partial charge in [-0.25, -0.2) is 0 Å². The first-order chi connectivity index (χ1) is 7.79. The lowest BCUT2D eigenvalue weighted by atomic mass is 9.96. The highest BCUT2D eigenvalue weighted by molar-refractivity contribution is 6.30. The van der Waals surface area contributed by atoms with Gasteiger partial charge in [0.25, 0.3) is 0 Å². The van der Waals surface area contributed by atoms with Gasteiger partial charge in [-0.15, -0.1) is 0 Å². The summed E-state index contributed by atoms with van der Waals surface area (Å²) in [6, 6.07) is 9.07. The topological polar surface area (TPSA) is 15.3 Å². The van der Waals surface area contributed by atoms with E-state index < -0.39 is 0 Å². The number of benzene rings is 1. The van der Waals surface area contributed by atoms with Gasteiger partial charge in [0.05, 0.1) is 0 Å². The summed E-state index contributed by atoms with van der Waals surface area (Å²) < 4.78 is 0. The summed E-state index contributed by atoms with van der Waals surface area (Å²) in [4.78, 5) is 2.39. The molecule has 1 fully saturated rings. The smallest absolute Gasteiger partial charge is 0.0447 e. The van der Waals surface area contributed by atoms with Crippen LogP contribution in [0.2, 0.25) is 5.02 Å². The zero-order valence-corrected chi connectivity index (χ0v) is 10.4. The fraction of sp³-hybridized carbons (Fsp3) is 0.538. The summed E-state index contributed by atoms with van der Waals surface area (Å²) in [5, 5.41) is 4.01. The SMILES string of the molecule is CNCC1CCN(c2[c]cc(Cl)cc2)CC1. The molecule has 1 radical (unpaired) electrons. The van der Waals surface area contributed by atoms with Crippen LogP contribution in [0.5, 0.6) is 0 Å². The van der Waals surface area contributed by atoms with Gasteiger partial charge in [-0.2, -0.15) is 0 Å². The standard InChI is InChI=1S/C13H18ClN2/c1-15-10-11-6-8-16(9-7-11)13-4-2-12(14)3-5-13/h2-4,11,15H,6-10H2,1H3. The molecule has 1 N–H and O–H groups in total. The fourth-order valence-electron chi connectivity index (χ4n) is 2.26. The molecule has 1 saturated heterocycles. The molecule has 0 spiro atoms. The molecule has 0 amide bonds. The van der Waals surface area contributed by atoms with Crippen molar-refractivity contribution in [2.45, 2.75) is 12.8 Å². The fourth-order valence-corrected chi connectivity index (χ4v) is 2.38. The average molecular weight is 238 g/mol. The molecule has 0 aromatic heterocycles. The molecule has 3 heteroatoms. The number of nitrogens with one attached hydrogen (secondary N) is 1. The van der Waals surface area contributed by atoms with E-state index in [0.29, 0.717) is 0 Å². The van der Waals surface area contributed by atoms with Crippen LogP contribution in [0, 0.1) is 12.0 Å². The van der Waals surface area contributed by atoms with Crippen molar-refractivity contribution in [2.75, 3.05) is 31.6 Å². The average Bonchev–Trinajstić information content (AvgIpc) is 2.32. The van der Waals surface area contributed by atoms with Crippen LogP contribution in [0.25, 0.3) is 0 Å². The summed E-state index contributed by atoms with van der Waals surface area (Å²) in [5.74, 6) is 0.827. The lowest BCUT2D eigenvalue weighted by molar-refractivity contribution is 0.393. The van der Waals surface area contributed by atoms with Crippen molar-refractivity contribution in [3.63, 3.8) is 0 Å². The van der Waals surface area contributed by atoms with E-state index in [0.717, 1.165) is 30.6 Å². The predicted octanol–water partition coefficient (Wildman–Crippen LogP) is 2.58. The molecule has 1 aliphatic heterocycles. The molecule has 0 atom stereocenters. The van der Waals surface area contributed by atoms with Crippen molar-refractivity contribution in [1.82, 2.24) is 5.32 Å². The molecule has 0 unspecified atom stereocenters. The number of hydrogen-bond donors (Lipinski definition) is 1. The van der Waals surface area contributed by atoms with Crippen LogP contribution in [0.4, 0.5) is 5.69 Å². The lowest BCUT2D eigenvalue weighted by Gasteiger charge is -2.33. The van der Waals surface area contributed by atoms with Crippen molar-refractivity contribution in [1.29, 1.82) is 0 Å². The van der Waals surface area contributed by atoms with E-state index in [9.17, 15) is 0 Å². The van der Waals surface area contributed by atoms with E-state index in [1.807, 2.05) is 19.2 Å². The van der Waals surface area contributed by atoms with E-state index in [-0.39, 0.29) is 0 Å². The highest BCUT2D eigenvalue weighted by atomic mass is 35.5. The van der Waals surface area contributed by atoms with Crippen molar-refractivity contribution < 1.29 is 0 Å². The molecule has 0 saturated carbocycles. The first-order valence-electron chi connectivity index (χ1n) is 5.86. The minimum Gasteiger partial charge on any atom is -0.371 e. The van der Waals surface area contributed by atoms with Crippen LogP contribution in [0.3, 0.4) is 0 Å². The number of rotatable bonds is 3. The normalized spacial score (nSPS) is 17.8. The number of nitrogens with zero attached hydrogens (tertiary/aromatic N) is 1. The van der Waals surface area contributed by atoms with E-state index >= 15 is 0 Å². The van der Waals surface area contributed by atoms with Crippen molar-refractivity contribution in [3.05, 3.63) is 29.3 Å². The molecule has 1 heterocycles. The van der Waals surface area contributed by atoms with Crippen LogP contribution in [-0.2, 0) is 0 Å². The second-order valence-electron chi connectivity index (χ2n) is 4.38. The Balaban J connectivity index is 1.91. The predicted molar refractivity (Wildman–Crippen MR) is 69.2 cm³/mol. The Morgan fingerprint density at radius 3 is 2.75 bits per heavy atom. The Morgan fingerprint density at radius 1 is 1.44 bits per heavy atom. The Hall–Kier alpha value is -0.730. The Labute approximate surface area is 103 Å². The maximum absolute atomic E-state index is 5.86. The molecule has 1 aliphatic rings. The molecule has 0 aliphatic carbocycles. The van der Waals surface area contributed by atoms with Crippen LogP contribution in [0.1, 0.15) is 12.8 Å². The molecule has 87 valence electrons. The van der Waals surface area contributed by atoms with Crippen LogP contribution in [-0.4, -0.2) is 26.7 Å². The summed E-state index contributed by atoms with van der Waals surface area (Å²) in [6.45, 7) is 3.40. The first-order valence-corrected chi connectivity index (χ1v) is 6.24. The third-order valence-corrected chi connectivity index (χ3v) is 3.44. The van der Waals surface area contributed by atoms with Gasteiger partial charge in [0.1, 0.15) is 0 Å². The Kier molecular flexibility index (Phi) is 4.08. The van der Waals surface area contributed by atoms with Crippen molar-refractivity contribution in [3.8, 4) is 0 Å². The zero-order chi connectivity index (χ0) is 11.4. The van der Waals surface area contributed by atoms with E-state index in [1.165, 1.54) is 18.5 Å². The van der Waals surface area contributed by atoms with Crippen LogP contribution in [0.15, 0.2) is 18.2 Å². The lowest BCUT2D eigenvalue weighted by Crippen LogP contribution is -2.36. The largest absolute Gasteiger partial charge is 0.371 e. The van der Waals surface area contributed by atoms with Crippen LogP contribution < -0.4 is 10.2 Å². The number of halogens is 1. The van der Waals surface area contributed by atoms with Gasteiger partial charge in [-0.3, -0.25) is 0 Å². The summed E-state index contributed by atoms with van der Waals surface area (Å²) >= 11 is 5.86. The summed E-state index contributed by atoms with van der Waals surface area (Å²) in [7, 11) is 2.03. The maximum Gasteiger partial charge on any atom is 0.0447 e. The summed E-state index contributed by atoms with van der Waals surface area (Å²) in [6.07, 6.45) is 2.52. The summed E-state index contributed by atoms with van der Waals surface area (Å²) in [5.41, 5.74) is 1.17. The van der Waals surface area contributed by atoms with Gasteiger partial charge in [0, 0.05) is 29.9 Å². The van der Waals surface area contributed by atoms with Gasteiger partial charge in [-0.1, -0.05) is 11.6 Å². The molecule has 0 bridgehead atoms. The van der Waals surface area contributed by atoms with Gasteiger partial charge < -0.3 is 10.2 Å². The Morgan fingerprint density at radius 2 is 2.19 bits per heavy atom. The van der Waals surface area contributed by atoms with E-state index in [2.05, 4.69) is 22.3 Å². The molecule has 2 rings (SSSR count). The molecule has 16 heavy (non-hydrogen) atoms. The quantitative estimate of drug-likeness (QED) is 0.870. The molecule has 2 nitrogen and oxygen atoms in total. The number of piperidine rings is 1. The van der Waals surface area contributed by atoms with Gasteiger partial charge in [-0.05, 0) is 50.6 Å². The minimum atomic E-state index is 0.758. The second kappa shape index (κ2) is 5.55. The van der Waals surface area contributed by atoms with E-state index in [1.54, 1.807) is 0 Å². The third-order valence-electron chi connectivity index (χ3n) is 3.21. The zero-order valence-electron chi connectivity index (χ0n) is 9.67. The molecular formula is C13H18ClN2. The first kappa shape index (κ1) is 11.7. The Bertz CT molecular complexity index is 315. The van der Waals surface area contributed by atoms with Gasteiger partial charge in [0.15, 0.2) is 0 Å². The monoisotopic (exact) mass is 237 g/mol. The second-order valence-corrected chi connectivity index (χ2v) is 4.82. The molecule has 1 aromatic rings.